The smallest absolute Gasteiger partial charge is 0.242 e. The molecule has 1 amide bonds. The van der Waals surface area contributed by atoms with Crippen molar-refractivity contribution in [1.29, 1.82) is 0 Å². The van der Waals surface area contributed by atoms with E-state index in [4.69, 9.17) is 5.73 Å². The first-order valence-electron chi connectivity index (χ1n) is 8.13. The Balaban J connectivity index is 2.06. The highest BCUT2D eigenvalue weighted by Crippen LogP contribution is 2.45. The summed E-state index contributed by atoms with van der Waals surface area (Å²) >= 11 is 0. The molecule has 1 unspecified atom stereocenters. The first kappa shape index (κ1) is 14.6. The van der Waals surface area contributed by atoms with Crippen molar-refractivity contribution in [3.8, 4) is 0 Å². The largest absolute Gasteiger partial charge is 0.368 e. The number of fused-ring (bicyclic) bond motifs is 1. The number of hydrogen-bond acceptors (Lipinski definition) is 2. The van der Waals surface area contributed by atoms with Crippen LogP contribution in [0.15, 0.2) is 24.3 Å². The minimum Gasteiger partial charge on any atom is -0.368 e. The SMILES string of the molecule is CC1(C)CCC(NC2CCCC2)(C(N)=O)c2ccccc21. The Kier molecular flexibility index (Phi) is 3.56. The van der Waals surface area contributed by atoms with Gasteiger partial charge in [-0.25, -0.2) is 0 Å². The van der Waals surface area contributed by atoms with Crippen LogP contribution >= 0.6 is 0 Å². The number of nitrogens with two attached hydrogens (primary N) is 1. The van der Waals surface area contributed by atoms with Crippen LogP contribution in [0.1, 0.15) is 63.5 Å². The molecule has 0 bridgehead atoms. The number of nitrogens with one attached hydrogen (secondary N) is 1. The third-order valence-electron chi connectivity index (χ3n) is 5.47. The molecule has 0 aliphatic heterocycles. The summed E-state index contributed by atoms with van der Waals surface area (Å²) < 4.78 is 0. The number of carbonyl (C=O) groups is 1. The van der Waals surface area contributed by atoms with E-state index in [1.165, 1.54) is 18.4 Å². The number of rotatable bonds is 3. The molecule has 0 spiro atoms. The van der Waals surface area contributed by atoms with Crippen LogP contribution in [0.25, 0.3) is 0 Å². The van der Waals surface area contributed by atoms with E-state index < -0.39 is 5.54 Å². The summed E-state index contributed by atoms with van der Waals surface area (Å²) in [7, 11) is 0. The first-order chi connectivity index (χ1) is 9.96. The topological polar surface area (TPSA) is 55.1 Å². The second-order valence-corrected chi connectivity index (χ2v) is 7.32. The van der Waals surface area contributed by atoms with E-state index in [2.05, 4.69) is 37.4 Å². The third-order valence-corrected chi connectivity index (χ3v) is 5.47. The Morgan fingerprint density at radius 2 is 1.76 bits per heavy atom. The van der Waals surface area contributed by atoms with Gasteiger partial charge >= 0.3 is 0 Å². The molecule has 3 heteroatoms. The summed E-state index contributed by atoms with van der Waals surface area (Å²) in [5.74, 6) is -0.225. The van der Waals surface area contributed by atoms with Crippen LogP contribution in [0, 0.1) is 0 Å². The van der Waals surface area contributed by atoms with Gasteiger partial charge in [-0.15, -0.1) is 0 Å². The van der Waals surface area contributed by atoms with Gasteiger partial charge in [0.1, 0.15) is 5.54 Å². The van der Waals surface area contributed by atoms with E-state index in [9.17, 15) is 4.79 Å². The van der Waals surface area contributed by atoms with Crippen LogP contribution < -0.4 is 11.1 Å². The van der Waals surface area contributed by atoms with Gasteiger partial charge in [-0.2, -0.15) is 0 Å². The van der Waals surface area contributed by atoms with E-state index in [1.54, 1.807) is 0 Å². The highest BCUT2D eigenvalue weighted by Gasteiger charge is 2.47. The van der Waals surface area contributed by atoms with Crippen molar-refractivity contribution in [2.75, 3.05) is 0 Å². The molecule has 1 atom stereocenters. The molecule has 0 aromatic heterocycles. The van der Waals surface area contributed by atoms with Crippen molar-refractivity contribution in [2.24, 2.45) is 5.73 Å². The summed E-state index contributed by atoms with van der Waals surface area (Å²) in [5.41, 5.74) is 7.67. The number of carbonyl (C=O) groups excluding carboxylic acids is 1. The Bertz CT molecular complexity index is 546. The van der Waals surface area contributed by atoms with Crippen molar-refractivity contribution in [2.45, 2.75) is 69.4 Å². The maximum absolute atomic E-state index is 12.4. The van der Waals surface area contributed by atoms with Crippen LogP contribution in [-0.2, 0) is 15.7 Å². The predicted octanol–water partition coefficient (Wildman–Crippen LogP) is 2.97. The van der Waals surface area contributed by atoms with Crippen molar-refractivity contribution in [1.82, 2.24) is 5.32 Å². The average molecular weight is 286 g/mol. The van der Waals surface area contributed by atoms with Crippen LogP contribution in [-0.4, -0.2) is 11.9 Å². The van der Waals surface area contributed by atoms with Gasteiger partial charge in [-0.1, -0.05) is 51.0 Å². The zero-order valence-corrected chi connectivity index (χ0v) is 13.1. The summed E-state index contributed by atoms with van der Waals surface area (Å²) in [6.45, 7) is 4.51. The molecular formula is C18H26N2O. The molecule has 1 saturated carbocycles. The number of primary amides is 1. The third kappa shape index (κ3) is 2.38. The van der Waals surface area contributed by atoms with E-state index in [-0.39, 0.29) is 11.3 Å². The molecule has 0 radical (unpaired) electrons. The van der Waals surface area contributed by atoms with Gasteiger partial charge in [0, 0.05) is 6.04 Å². The Morgan fingerprint density at radius 1 is 1.14 bits per heavy atom. The van der Waals surface area contributed by atoms with Crippen LogP contribution in [0.4, 0.5) is 0 Å². The Morgan fingerprint density at radius 3 is 2.38 bits per heavy atom. The van der Waals surface area contributed by atoms with Crippen molar-refractivity contribution < 1.29 is 4.79 Å². The highest BCUT2D eigenvalue weighted by atomic mass is 16.1. The minimum absolute atomic E-state index is 0.104. The molecule has 114 valence electrons. The minimum atomic E-state index is -0.679. The molecule has 3 N–H and O–H groups in total. The van der Waals surface area contributed by atoms with Crippen LogP contribution in [0.3, 0.4) is 0 Å². The van der Waals surface area contributed by atoms with Gasteiger partial charge in [-0.3, -0.25) is 10.1 Å². The molecule has 2 aliphatic rings. The first-order valence-corrected chi connectivity index (χ1v) is 8.13. The lowest BCUT2D eigenvalue weighted by atomic mass is 9.65. The standard InChI is InChI=1S/C18H26N2O/c1-17(2)11-12-18(16(19)21,20-13-7-3-4-8-13)15-10-6-5-9-14(15)17/h5-6,9-10,13,20H,3-4,7-8,11-12H2,1-2H3,(H2,19,21). The fraction of sp³-hybridized carbons (Fsp3) is 0.611. The second kappa shape index (κ2) is 5.13. The molecule has 3 rings (SSSR count). The quantitative estimate of drug-likeness (QED) is 0.897. The lowest BCUT2D eigenvalue weighted by molar-refractivity contribution is -0.126. The van der Waals surface area contributed by atoms with E-state index in [1.807, 2.05) is 6.07 Å². The van der Waals surface area contributed by atoms with Crippen molar-refractivity contribution in [3.63, 3.8) is 0 Å². The maximum atomic E-state index is 12.4. The molecule has 1 fully saturated rings. The van der Waals surface area contributed by atoms with Gasteiger partial charge in [0.15, 0.2) is 0 Å². The normalized spacial score (nSPS) is 28.3. The zero-order valence-electron chi connectivity index (χ0n) is 13.1. The van der Waals surface area contributed by atoms with Gasteiger partial charge in [0.25, 0.3) is 0 Å². The lowest BCUT2D eigenvalue weighted by Crippen LogP contribution is -2.58. The van der Waals surface area contributed by atoms with Gasteiger partial charge in [0.05, 0.1) is 0 Å². The fourth-order valence-electron chi connectivity index (χ4n) is 4.11. The number of hydrogen-bond donors (Lipinski definition) is 2. The second-order valence-electron chi connectivity index (χ2n) is 7.32. The molecule has 0 heterocycles. The summed E-state index contributed by atoms with van der Waals surface area (Å²) in [6.07, 6.45) is 6.58. The Hall–Kier alpha value is -1.35. The van der Waals surface area contributed by atoms with E-state index in [0.717, 1.165) is 31.2 Å². The van der Waals surface area contributed by atoms with Crippen LogP contribution in [0.5, 0.6) is 0 Å². The summed E-state index contributed by atoms with van der Waals surface area (Å²) in [5, 5.41) is 3.65. The van der Waals surface area contributed by atoms with Gasteiger partial charge in [-0.05, 0) is 42.2 Å². The van der Waals surface area contributed by atoms with E-state index in [0.29, 0.717) is 6.04 Å². The molecule has 3 nitrogen and oxygen atoms in total. The Labute approximate surface area is 127 Å². The zero-order chi connectivity index (χ0) is 15.1. The molecule has 2 aliphatic carbocycles. The van der Waals surface area contributed by atoms with Gasteiger partial charge in [0.2, 0.25) is 5.91 Å². The van der Waals surface area contributed by atoms with E-state index >= 15 is 0 Å². The number of amides is 1. The molecule has 1 aromatic rings. The predicted molar refractivity (Wildman–Crippen MR) is 85.0 cm³/mol. The molecule has 0 saturated heterocycles. The maximum Gasteiger partial charge on any atom is 0.242 e. The highest BCUT2D eigenvalue weighted by molar-refractivity contribution is 5.87. The molecular weight excluding hydrogens is 260 g/mol. The molecule has 21 heavy (non-hydrogen) atoms. The molecule has 1 aromatic carbocycles. The average Bonchev–Trinajstić information content (AvgIpc) is 2.95. The van der Waals surface area contributed by atoms with Gasteiger partial charge < -0.3 is 5.73 Å². The summed E-state index contributed by atoms with van der Waals surface area (Å²) in [4.78, 5) is 12.4. The van der Waals surface area contributed by atoms with Crippen molar-refractivity contribution >= 4 is 5.91 Å². The number of benzene rings is 1. The monoisotopic (exact) mass is 286 g/mol. The van der Waals surface area contributed by atoms with Crippen molar-refractivity contribution in [3.05, 3.63) is 35.4 Å². The summed E-state index contributed by atoms with van der Waals surface area (Å²) in [6, 6.07) is 8.75. The van der Waals surface area contributed by atoms with Crippen LogP contribution in [0.2, 0.25) is 0 Å². The lowest BCUT2D eigenvalue weighted by Gasteiger charge is -2.45. The fourth-order valence-corrected chi connectivity index (χ4v) is 4.11.